The molecule has 0 aliphatic heterocycles. The number of ether oxygens (including phenoxy) is 2. The number of Topliss-reactive ketones (excluding diaryl/α,β-unsaturated/α-hetero) is 1. The van der Waals surface area contributed by atoms with E-state index in [1.54, 1.807) is 18.3 Å². The molecule has 0 radical (unpaired) electrons. The number of hydrogen-bond acceptors (Lipinski definition) is 4. The SMILES string of the molecule is CCOCC(=O)c1cccnc1OC. The monoisotopic (exact) mass is 195 g/mol. The second-order valence-electron chi connectivity index (χ2n) is 2.62. The largest absolute Gasteiger partial charge is 0.480 e. The Morgan fingerprint density at radius 1 is 1.57 bits per heavy atom. The molecule has 1 heterocycles. The summed E-state index contributed by atoms with van der Waals surface area (Å²) in [7, 11) is 1.49. The molecule has 76 valence electrons. The molecule has 4 nitrogen and oxygen atoms in total. The highest BCUT2D eigenvalue weighted by atomic mass is 16.5. The third kappa shape index (κ3) is 2.53. The predicted molar refractivity (Wildman–Crippen MR) is 51.6 cm³/mol. The van der Waals surface area contributed by atoms with Gasteiger partial charge in [-0.15, -0.1) is 0 Å². The first-order valence-electron chi connectivity index (χ1n) is 4.39. The Labute approximate surface area is 82.9 Å². The van der Waals surface area contributed by atoms with Crippen molar-refractivity contribution in [3.05, 3.63) is 23.9 Å². The minimum absolute atomic E-state index is 0.0680. The molecule has 0 atom stereocenters. The molecular weight excluding hydrogens is 182 g/mol. The number of carbonyl (C=O) groups is 1. The fraction of sp³-hybridized carbons (Fsp3) is 0.400. The van der Waals surface area contributed by atoms with Gasteiger partial charge in [-0.05, 0) is 19.1 Å². The zero-order chi connectivity index (χ0) is 10.4. The van der Waals surface area contributed by atoms with E-state index in [9.17, 15) is 4.79 Å². The predicted octanol–water partition coefficient (Wildman–Crippen LogP) is 1.31. The van der Waals surface area contributed by atoms with Crippen molar-refractivity contribution in [1.82, 2.24) is 4.98 Å². The third-order valence-electron chi connectivity index (χ3n) is 1.70. The first-order chi connectivity index (χ1) is 6.79. The zero-order valence-electron chi connectivity index (χ0n) is 8.32. The normalized spacial score (nSPS) is 9.86. The van der Waals surface area contributed by atoms with Gasteiger partial charge in [0, 0.05) is 12.8 Å². The molecule has 0 bridgehead atoms. The van der Waals surface area contributed by atoms with Crippen molar-refractivity contribution in [1.29, 1.82) is 0 Å². The summed E-state index contributed by atoms with van der Waals surface area (Å²) in [6.07, 6.45) is 1.58. The zero-order valence-corrected chi connectivity index (χ0v) is 8.32. The summed E-state index contributed by atoms with van der Waals surface area (Å²) < 4.78 is 9.98. The van der Waals surface area contributed by atoms with Gasteiger partial charge >= 0.3 is 0 Å². The summed E-state index contributed by atoms with van der Waals surface area (Å²) in [5, 5.41) is 0. The number of ketones is 1. The molecule has 0 aliphatic rings. The van der Waals surface area contributed by atoms with Crippen LogP contribution in [0, 0.1) is 0 Å². The molecule has 0 aliphatic carbocycles. The molecule has 0 saturated carbocycles. The van der Waals surface area contributed by atoms with Crippen molar-refractivity contribution in [2.75, 3.05) is 20.3 Å². The number of hydrogen-bond donors (Lipinski definition) is 0. The summed E-state index contributed by atoms with van der Waals surface area (Å²) in [4.78, 5) is 15.5. The lowest BCUT2D eigenvalue weighted by atomic mass is 10.2. The number of carbonyl (C=O) groups excluding carboxylic acids is 1. The minimum atomic E-state index is -0.114. The number of aromatic nitrogens is 1. The van der Waals surface area contributed by atoms with E-state index < -0.39 is 0 Å². The Morgan fingerprint density at radius 3 is 3.00 bits per heavy atom. The third-order valence-corrected chi connectivity index (χ3v) is 1.70. The van der Waals surface area contributed by atoms with Crippen LogP contribution in [0.15, 0.2) is 18.3 Å². The standard InChI is InChI=1S/C10H13NO3/c1-3-14-7-9(12)8-5-4-6-11-10(8)13-2/h4-6H,3,7H2,1-2H3. The Balaban J connectivity index is 2.78. The lowest BCUT2D eigenvalue weighted by molar-refractivity contribution is 0.0779. The fourth-order valence-electron chi connectivity index (χ4n) is 1.04. The molecule has 1 rings (SSSR count). The maximum absolute atomic E-state index is 11.5. The van der Waals surface area contributed by atoms with Crippen LogP contribution in [0.1, 0.15) is 17.3 Å². The van der Waals surface area contributed by atoms with Gasteiger partial charge in [-0.2, -0.15) is 0 Å². The molecule has 0 fully saturated rings. The molecule has 0 aromatic carbocycles. The molecule has 0 saturated heterocycles. The lowest BCUT2D eigenvalue weighted by Gasteiger charge is -2.05. The van der Waals surface area contributed by atoms with Gasteiger partial charge in [-0.1, -0.05) is 0 Å². The second-order valence-corrected chi connectivity index (χ2v) is 2.62. The van der Waals surface area contributed by atoms with Crippen LogP contribution in [0.25, 0.3) is 0 Å². The van der Waals surface area contributed by atoms with E-state index in [4.69, 9.17) is 9.47 Å². The van der Waals surface area contributed by atoms with Gasteiger partial charge in [0.1, 0.15) is 6.61 Å². The molecule has 1 aromatic heterocycles. The van der Waals surface area contributed by atoms with Gasteiger partial charge in [0.25, 0.3) is 0 Å². The summed E-state index contributed by atoms with van der Waals surface area (Å²) in [5.74, 6) is 0.231. The van der Waals surface area contributed by atoms with Crippen LogP contribution in [0.3, 0.4) is 0 Å². The van der Waals surface area contributed by atoms with Gasteiger partial charge in [-0.25, -0.2) is 4.98 Å². The molecule has 0 amide bonds. The minimum Gasteiger partial charge on any atom is -0.480 e. The Morgan fingerprint density at radius 2 is 2.36 bits per heavy atom. The molecule has 0 N–H and O–H groups in total. The Kier molecular flexibility index (Phi) is 4.07. The van der Waals surface area contributed by atoms with Gasteiger partial charge in [0.05, 0.1) is 12.7 Å². The van der Waals surface area contributed by atoms with Crippen molar-refractivity contribution >= 4 is 5.78 Å². The highest BCUT2D eigenvalue weighted by Gasteiger charge is 2.11. The summed E-state index contributed by atoms with van der Waals surface area (Å²) in [6.45, 7) is 2.43. The van der Waals surface area contributed by atoms with E-state index in [-0.39, 0.29) is 12.4 Å². The van der Waals surface area contributed by atoms with Gasteiger partial charge < -0.3 is 9.47 Å². The first-order valence-corrected chi connectivity index (χ1v) is 4.39. The molecule has 14 heavy (non-hydrogen) atoms. The van der Waals surface area contributed by atoms with Crippen LogP contribution >= 0.6 is 0 Å². The van der Waals surface area contributed by atoms with Crippen LogP contribution in [0.4, 0.5) is 0 Å². The van der Waals surface area contributed by atoms with Crippen molar-refractivity contribution < 1.29 is 14.3 Å². The molecule has 0 unspecified atom stereocenters. The highest BCUT2D eigenvalue weighted by Crippen LogP contribution is 2.13. The summed E-state index contributed by atoms with van der Waals surface area (Å²) in [5.41, 5.74) is 0.462. The average Bonchev–Trinajstić information content (AvgIpc) is 2.25. The van der Waals surface area contributed by atoms with E-state index in [0.717, 1.165) is 0 Å². The number of methoxy groups -OCH3 is 1. The maximum Gasteiger partial charge on any atom is 0.224 e. The van der Waals surface area contributed by atoms with E-state index in [0.29, 0.717) is 18.1 Å². The average molecular weight is 195 g/mol. The van der Waals surface area contributed by atoms with Gasteiger partial charge in [-0.3, -0.25) is 4.79 Å². The molecule has 4 heteroatoms. The van der Waals surface area contributed by atoms with Gasteiger partial charge in [0.15, 0.2) is 5.78 Å². The van der Waals surface area contributed by atoms with Crippen LogP contribution in [-0.2, 0) is 4.74 Å². The van der Waals surface area contributed by atoms with Crippen LogP contribution < -0.4 is 4.74 Å². The Bertz CT molecular complexity index is 312. The smallest absolute Gasteiger partial charge is 0.224 e. The topological polar surface area (TPSA) is 48.4 Å². The van der Waals surface area contributed by atoms with E-state index in [1.165, 1.54) is 7.11 Å². The van der Waals surface area contributed by atoms with Gasteiger partial charge in [0.2, 0.25) is 5.88 Å². The maximum atomic E-state index is 11.5. The first kappa shape index (κ1) is 10.7. The van der Waals surface area contributed by atoms with Crippen molar-refractivity contribution in [2.24, 2.45) is 0 Å². The van der Waals surface area contributed by atoms with Crippen LogP contribution in [0.2, 0.25) is 0 Å². The highest BCUT2D eigenvalue weighted by molar-refractivity contribution is 5.99. The van der Waals surface area contributed by atoms with E-state index in [1.807, 2.05) is 6.92 Å². The molecular formula is C10H13NO3. The number of rotatable bonds is 5. The Hall–Kier alpha value is -1.42. The second kappa shape index (κ2) is 5.34. The molecule has 1 aromatic rings. The summed E-state index contributed by atoms with van der Waals surface area (Å²) >= 11 is 0. The van der Waals surface area contributed by atoms with E-state index in [2.05, 4.69) is 4.98 Å². The van der Waals surface area contributed by atoms with Crippen molar-refractivity contribution in [3.8, 4) is 5.88 Å². The molecule has 0 spiro atoms. The lowest BCUT2D eigenvalue weighted by Crippen LogP contribution is -2.10. The van der Waals surface area contributed by atoms with Crippen LogP contribution in [-0.4, -0.2) is 31.1 Å². The van der Waals surface area contributed by atoms with E-state index >= 15 is 0 Å². The fourth-order valence-corrected chi connectivity index (χ4v) is 1.04. The number of nitrogens with zero attached hydrogens (tertiary/aromatic N) is 1. The van der Waals surface area contributed by atoms with Crippen LogP contribution in [0.5, 0.6) is 5.88 Å². The quantitative estimate of drug-likeness (QED) is 0.664. The number of pyridine rings is 1. The van der Waals surface area contributed by atoms with Crippen molar-refractivity contribution in [2.45, 2.75) is 6.92 Å². The van der Waals surface area contributed by atoms with Crippen molar-refractivity contribution in [3.63, 3.8) is 0 Å². The summed E-state index contributed by atoms with van der Waals surface area (Å²) in [6, 6.07) is 3.37.